The Bertz CT molecular complexity index is 305. The molecule has 2 nitrogen and oxygen atoms in total. The molecule has 0 N–H and O–H groups in total. The lowest BCUT2D eigenvalue weighted by molar-refractivity contribution is -0.161. The van der Waals surface area contributed by atoms with Gasteiger partial charge in [0.2, 0.25) is 0 Å². The summed E-state index contributed by atoms with van der Waals surface area (Å²) in [5.74, 6) is 1.98. The predicted octanol–water partition coefficient (Wildman–Crippen LogP) is 2.29. The molecule has 2 bridgehead atoms. The summed E-state index contributed by atoms with van der Waals surface area (Å²) in [6.45, 7) is 2.12. The first-order valence-electron chi connectivity index (χ1n) is 5.67. The Balaban J connectivity index is 1.93. The van der Waals surface area contributed by atoms with E-state index in [1.54, 1.807) is 5.57 Å². The Morgan fingerprint density at radius 1 is 1.29 bits per heavy atom. The summed E-state index contributed by atoms with van der Waals surface area (Å²) in [6.07, 6.45) is 6.75. The molecular weight excluding hydrogens is 176 g/mol. The first kappa shape index (κ1) is 8.51. The van der Waals surface area contributed by atoms with Gasteiger partial charge < -0.3 is 4.74 Å². The second-order valence-corrected chi connectivity index (χ2v) is 4.74. The molecule has 4 atom stereocenters. The molecule has 0 aromatic heterocycles. The van der Waals surface area contributed by atoms with Gasteiger partial charge >= 0.3 is 5.97 Å². The average molecular weight is 192 g/mol. The molecule has 3 fully saturated rings. The molecule has 3 rings (SSSR count). The van der Waals surface area contributed by atoms with E-state index in [1.807, 2.05) is 0 Å². The minimum Gasteiger partial charge on any atom is -0.461 e. The molecule has 2 saturated carbocycles. The molecule has 14 heavy (non-hydrogen) atoms. The minimum atomic E-state index is 0.0225. The Hall–Kier alpha value is -0.790. The van der Waals surface area contributed by atoms with Gasteiger partial charge in [0.05, 0.1) is 0 Å². The molecule has 76 valence electrons. The van der Waals surface area contributed by atoms with Crippen molar-refractivity contribution in [3.8, 4) is 0 Å². The molecule has 1 saturated heterocycles. The van der Waals surface area contributed by atoms with Gasteiger partial charge in [0.15, 0.2) is 0 Å². The van der Waals surface area contributed by atoms with Gasteiger partial charge in [-0.15, -0.1) is 0 Å². The topological polar surface area (TPSA) is 26.3 Å². The van der Waals surface area contributed by atoms with Crippen molar-refractivity contribution in [1.82, 2.24) is 0 Å². The summed E-state index contributed by atoms with van der Waals surface area (Å²) >= 11 is 0. The Labute approximate surface area is 84.3 Å². The molecule has 1 heterocycles. The highest BCUT2D eigenvalue weighted by Gasteiger charge is 2.53. The van der Waals surface area contributed by atoms with Crippen molar-refractivity contribution < 1.29 is 9.53 Å². The fourth-order valence-corrected chi connectivity index (χ4v) is 3.77. The maximum Gasteiger partial charge on any atom is 0.306 e. The summed E-state index contributed by atoms with van der Waals surface area (Å²) in [4.78, 5) is 11.2. The molecule has 2 heteroatoms. The zero-order valence-electron chi connectivity index (χ0n) is 8.53. The van der Waals surface area contributed by atoms with Crippen molar-refractivity contribution >= 4 is 5.97 Å². The van der Waals surface area contributed by atoms with Crippen LogP contribution < -0.4 is 0 Å². The average Bonchev–Trinajstić information content (AvgIpc) is 2.72. The van der Waals surface area contributed by atoms with E-state index in [9.17, 15) is 4.79 Å². The molecule has 2 aliphatic carbocycles. The van der Waals surface area contributed by atoms with Crippen molar-refractivity contribution in [2.24, 2.45) is 17.8 Å². The number of esters is 1. The van der Waals surface area contributed by atoms with E-state index in [-0.39, 0.29) is 12.1 Å². The van der Waals surface area contributed by atoms with Gasteiger partial charge in [-0.25, -0.2) is 0 Å². The first-order valence-corrected chi connectivity index (χ1v) is 5.67. The van der Waals surface area contributed by atoms with Gasteiger partial charge in [-0.05, 0) is 32.1 Å². The van der Waals surface area contributed by atoms with E-state index < -0.39 is 0 Å². The molecule has 1 aliphatic heterocycles. The maximum absolute atomic E-state index is 11.2. The zero-order chi connectivity index (χ0) is 9.71. The molecule has 0 spiro atoms. The van der Waals surface area contributed by atoms with Crippen LogP contribution in [0.1, 0.15) is 32.6 Å². The van der Waals surface area contributed by atoms with Gasteiger partial charge in [-0.3, -0.25) is 4.79 Å². The van der Waals surface area contributed by atoms with Crippen LogP contribution in [-0.4, -0.2) is 12.1 Å². The maximum atomic E-state index is 11.2. The number of hydrogen-bond acceptors (Lipinski definition) is 2. The standard InChI is InChI=1S/C12H16O2/c1-2-7-8-3-4-9(7)12-10(8)5-6-11(13)14-12/h2,8-10,12H,3-6H2,1H3. The Morgan fingerprint density at radius 2 is 2.07 bits per heavy atom. The van der Waals surface area contributed by atoms with E-state index >= 15 is 0 Å². The molecule has 3 aliphatic rings. The normalized spacial score (nSPS) is 48.1. The highest BCUT2D eigenvalue weighted by molar-refractivity contribution is 5.70. The summed E-state index contributed by atoms with van der Waals surface area (Å²) in [5.41, 5.74) is 1.58. The van der Waals surface area contributed by atoms with E-state index in [0.717, 1.165) is 12.3 Å². The number of fused-ring (bicyclic) bond motifs is 5. The smallest absolute Gasteiger partial charge is 0.306 e. The lowest BCUT2D eigenvalue weighted by Crippen LogP contribution is -2.36. The second kappa shape index (κ2) is 2.85. The van der Waals surface area contributed by atoms with E-state index in [4.69, 9.17) is 4.74 Å². The number of ether oxygens (including phenoxy) is 1. The highest BCUT2D eigenvalue weighted by atomic mass is 16.5. The number of carbonyl (C=O) groups is 1. The molecule has 0 aromatic carbocycles. The van der Waals surface area contributed by atoms with Crippen LogP contribution in [0.2, 0.25) is 0 Å². The van der Waals surface area contributed by atoms with Crippen LogP contribution in [0, 0.1) is 17.8 Å². The number of hydrogen-bond donors (Lipinski definition) is 0. The van der Waals surface area contributed by atoms with E-state index in [0.29, 0.717) is 18.3 Å². The summed E-state index contributed by atoms with van der Waals surface area (Å²) in [7, 11) is 0. The van der Waals surface area contributed by atoms with Gasteiger partial charge in [-0.1, -0.05) is 11.6 Å². The van der Waals surface area contributed by atoms with Crippen molar-refractivity contribution in [3.63, 3.8) is 0 Å². The van der Waals surface area contributed by atoms with Gasteiger partial charge in [0, 0.05) is 18.3 Å². The van der Waals surface area contributed by atoms with Gasteiger partial charge in [0.25, 0.3) is 0 Å². The summed E-state index contributed by atoms with van der Waals surface area (Å²) in [6, 6.07) is 0. The van der Waals surface area contributed by atoms with Gasteiger partial charge in [-0.2, -0.15) is 0 Å². The van der Waals surface area contributed by atoms with Crippen LogP contribution in [0.4, 0.5) is 0 Å². The molecule has 0 radical (unpaired) electrons. The molecule has 0 amide bonds. The lowest BCUT2D eigenvalue weighted by atomic mass is 9.82. The van der Waals surface area contributed by atoms with Crippen LogP contribution in [0.15, 0.2) is 11.6 Å². The SMILES string of the molecule is CC=C1C2CCC1C1OC(=O)CCC21. The van der Waals surface area contributed by atoms with Gasteiger partial charge in [0.1, 0.15) is 6.10 Å². The number of rotatable bonds is 0. The largest absolute Gasteiger partial charge is 0.461 e. The van der Waals surface area contributed by atoms with Crippen LogP contribution >= 0.6 is 0 Å². The third-order valence-electron chi connectivity index (χ3n) is 4.26. The Morgan fingerprint density at radius 3 is 2.86 bits per heavy atom. The third kappa shape index (κ3) is 0.943. The van der Waals surface area contributed by atoms with Crippen LogP contribution in [0.25, 0.3) is 0 Å². The van der Waals surface area contributed by atoms with Crippen LogP contribution in [0.3, 0.4) is 0 Å². The quantitative estimate of drug-likeness (QED) is 0.435. The van der Waals surface area contributed by atoms with E-state index in [2.05, 4.69) is 13.0 Å². The van der Waals surface area contributed by atoms with Crippen molar-refractivity contribution in [2.45, 2.75) is 38.7 Å². The third-order valence-corrected chi connectivity index (χ3v) is 4.26. The highest BCUT2D eigenvalue weighted by Crippen LogP contribution is 2.56. The fraction of sp³-hybridized carbons (Fsp3) is 0.750. The minimum absolute atomic E-state index is 0.0225. The Kier molecular flexibility index (Phi) is 1.73. The fourth-order valence-electron chi connectivity index (χ4n) is 3.77. The summed E-state index contributed by atoms with van der Waals surface area (Å²) < 4.78 is 5.50. The molecule has 4 unspecified atom stereocenters. The monoisotopic (exact) mass is 192 g/mol. The zero-order valence-corrected chi connectivity index (χ0v) is 8.53. The van der Waals surface area contributed by atoms with Crippen LogP contribution in [-0.2, 0) is 9.53 Å². The molecule has 0 aromatic rings. The van der Waals surface area contributed by atoms with Crippen molar-refractivity contribution in [1.29, 1.82) is 0 Å². The second-order valence-electron chi connectivity index (χ2n) is 4.74. The number of allylic oxidation sites excluding steroid dienone is 1. The first-order chi connectivity index (χ1) is 6.81. The van der Waals surface area contributed by atoms with Crippen LogP contribution in [0.5, 0.6) is 0 Å². The number of carbonyl (C=O) groups excluding carboxylic acids is 1. The molecular formula is C12H16O2. The lowest BCUT2D eigenvalue weighted by Gasteiger charge is -2.33. The summed E-state index contributed by atoms with van der Waals surface area (Å²) in [5, 5.41) is 0. The van der Waals surface area contributed by atoms with Crippen molar-refractivity contribution in [3.05, 3.63) is 11.6 Å². The van der Waals surface area contributed by atoms with Crippen molar-refractivity contribution in [2.75, 3.05) is 0 Å². The predicted molar refractivity (Wildman–Crippen MR) is 52.6 cm³/mol. The van der Waals surface area contributed by atoms with E-state index in [1.165, 1.54) is 12.8 Å².